The van der Waals surface area contributed by atoms with Gasteiger partial charge < -0.3 is 20.1 Å². The number of rotatable bonds is 13. The van der Waals surface area contributed by atoms with Gasteiger partial charge in [-0.2, -0.15) is 0 Å². The Bertz CT molecular complexity index is 1460. The first-order valence-electron chi connectivity index (χ1n) is 13.0. The lowest BCUT2D eigenvalue weighted by Gasteiger charge is -2.23. The van der Waals surface area contributed by atoms with Crippen molar-refractivity contribution in [2.75, 3.05) is 43.2 Å². The molecule has 3 aromatic carbocycles. The minimum Gasteiger partial charge on any atom is -0.493 e. The molecular weight excluding hydrogens is 530 g/mol. The lowest BCUT2D eigenvalue weighted by molar-refractivity contribution is -0.116. The van der Waals surface area contributed by atoms with Crippen LogP contribution < -0.4 is 24.4 Å². The third kappa shape index (κ3) is 8.22. The number of nitrogens with one attached hydrogen (secondary N) is 2. The molecule has 2 N–H and O–H groups in total. The van der Waals surface area contributed by atoms with Crippen LogP contribution in [0.25, 0.3) is 0 Å². The quantitative estimate of drug-likeness (QED) is 0.315. The fourth-order valence-corrected chi connectivity index (χ4v) is 5.16. The molecule has 2 amide bonds. The summed E-state index contributed by atoms with van der Waals surface area (Å²) in [6, 6.07) is 17.8. The molecule has 0 atom stereocenters. The SMILES string of the molecule is COc1ccc(CCNC(=O)c2ccccc2NC(=O)CCCN(c2ccc(C)c(C)c2)S(C)(=O)=O)cc1OC. The van der Waals surface area contributed by atoms with Gasteiger partial charge in [0.15, 0.2) is 11.5 Å². The first-order valence-corrected chi connectivity index (χ1v) is 14.8. The van der Waals surface area contributed by atoms with E-state index in [2.05, 4.69) is 10.6 Å². The number of para-hydroxylation sites is 1. The highest BCUT2D eigenvalue weighted by molar-refractivity contribution is 7.92. The Morgan fingerprint density at radius 2 is 1.62 bits per heavy atom. The van der Waals surface area contributed by atoms with Gasteiger partial charge in [-0.15, -0.1) is 0 Å². The zero-order chi connectivity index (χ0) is 29.3. The zero-order valence-electron chi connectivity index (χ0n) is 23.6. The first kappa shape index (κ1) is 30.5. The van der Waals surface area contributed by atoms with Crippen molar-refractivity contribution in [3.8, 4) is 11.5 Å². The van der Waals surface area contributed by atoms with Gasteiger partial charge in [0.25, 0.3) is 5.91 Å². The number of carbonyl (C=O) groups is 2. The number of anilines is 2. The second-order valence-electron chi connectivity index (χ2n) is 9.50. The molecule has 0 radical (unpaired) electrons. The van der Waals surface area contributed by atoms with Gasteiger partial charge in [-0.1, -0.05) is 24.3 Å². The van der Waals surface area contributed by atoms with Crippen LogP contribution in [0.1, 0.15) is 39.9 Å². The molecule has 0 unspecified atom stereocenters. The lowest BCUT2D eigenvalue weighted by atomic mass is 10.1. The normalized spacial score (nSPS) is 11.0. The van der Waals surface area contributed by atoms with Crippen molar-refractivity contribution in [1.29, 1.82) is 0 Å². The van der Waals surface area contributed by atoms with Gasteiger partial charge in [-0.05, 0) is 79.8 Å². The Labute approximate surface area is 236 Å². The molecule has 0 spiro atoms. The zero-order valence-corrected chi connectivity index (χ0v) is 24.4. The summed E-state index contributed by atoms with van der Waals surface area (Å²) < 4.78 is 36.7. The Kier molecular flexibility index (Phi) is 10.6. The van der Waals surface area contributed by atoms with E-state index in [1.807, 2.05) is 44.2 Å². The number of benzene rings is 3. The molecule has 9 nitrogen and oxygen atoms in total. The Morgan fingerprint density at radius 1 is 0.900 bits per heavy atom. The van der Waals surface area contributed by atoms with Crippen LogP contribution in [0.4, 0.5) is 11.4 Å². The Hall–Kier alpha value is -4.05. The molecule has 40 heavy (non-hydrogen) atoms. The standard InChI is InChI=1S/C30H37N3O6S/c1-21-12-14-24(19-22(21)2)33(40(5,36)37)18-8-11-29(34)32-26-10-7-6-9-25(26)30(35)31-17-16-23-13-15-27(38-3)28(20-23)39-4/h6-7,9-10,12-15,19-20H,8,11,16-18H2,1-5H3,(H,31,35)(H,32,34). The molecule has 0 fully saturated rings. The predicted octanol–water partition coefficient (Wildman–Crippen LogP) is 4.48. The van der Waals surface area contributed by atoms with Crippen LogP contribution in [-0.2, 0) is 21.2 Å². The van der Waals surface area contributed by atoms with Gasteiger partial charge >= 0.3 is 0 Å². The summed E-state index contributed by atoms with van der Waals surface area (Å²) in [6.07, 6.45) is 2.14. The number of aryl methyl sites for hydroxylation is 2. The molecule has 214 valence electrons. The van der Waals surface area contributed by atoms with E-state index in [0.717, 1.165) is 22.9 Å². The third-order valence-corrected chi connectivity index (χ3v) is 7.73. The molecule has 0 heterocycles. The van der Waals surface area contributed by atoms with Gasteiger partial charge in [0, 0.05) is 19.5 Å². The second kappa shape index (κ2) is 13.8. The second-order valence-corrected chi connectivity index (χ2v) is 11.4. The molecule has 3 aromatic rings. The largest absolute Gasteiger partial charge is 0.493 e. The van der Waals surface area contributed by atoms with Crippen LogP contribution in [0.15, 0.2) is 60.7 Å². The maximum Gasteiger partial charge on any atom is 0.253 e. The molecular formula is C30H37N3O6S. The Balaban J connectivity index is 1.57. The van der Waals surface area contributed by atoms with Crippen molar-refractivity contribution in [1.82, 2.24) is 5.32 Å². The fourth-order valence-electron chi connectivity index (χ4n) is 4.20. The number of amides is 2. The van der Waals surface area contributed by atoms with Crippen molar-refractivity contribution >= 4 is 33.2 Å². The lowest BCUT2D eigenvalue weighted by Crippen LogP contribution is -2.31. The molecule has 0 aromatic heterocycles. The molecule has 0 aliphatic heterocycles. The summed E-state index contributed by atoms with van der Waals surface area (Å²) in [5.41, 5.74) is 4.34. The summed E-state index contributed by atoms with van der Waals surface area (Å²) in [5.74, 6) is 0.635. The number of nitrogens with zero attached hydrogens (tertiary/aromatic N) is 1. The molecule has 0 bridgehead atoms. The highest BCUT2D eigenvalue weighted by Gasteiger charge is 2.19. The average Bonchev–Trinajstić information content (AvgIpc) is 2.92. The average molecular weight is 568 g/mol. The number of sulfonamides is 1. The number of hydrogen-bond donors (Lipinski definition) is 2. The smallest absolute Gasteiger partial charge is 0.253 e. The molecule has 0 saturated heterocycles. The van der Waals surface area contributed by atoms with Crippen molar-refractivity contribution in [2.45, 2.75) is 33.1 Å². The van der Waals surface area contributed by atoms with Gasteiger partial charge in [0.1, 0.15) is 0 Å². The summed E-state index contributed by atoms with van der Waals surface area (Å²) in [4.78, 5) is 25.6. The van der Waals surface area contributed by atoms with Crippen LogP contribution in [0.2, 0.25) is 0 Å². The third-order valence-electron chi connectivity index (χ3n) is 6.54. The maximum absolute atomic E-state index is 12.9. The first-order chi connectivity index (χ1) is 19.0. The highest BCUT2D eigenvalue weighted by atomic mass is 32.2. The van der Waals surface area contributed by atoms with E-state index < -0.39 is 10.0 Å². The van der Waals surface area contributed by atoms with Crippen molar-refractivity contribution in [3.05, 3.63) is 82.9 Å². The van der Waals surface area contributed by atoms with Crippen LogP contribution >= 0.6 is 0 Å². The number of hydrogen-bond acceptors (Lipinski definition) is 6. The topological polar surface area (TPSA) is 114 Å². The molecule has 10 heteroatoms. The highest BCUT2D eigenvalue weighted by Crippen LogP contribution is 2.27. The van der Waals surface area contributed by atoms with Gasteiger partial charge in [0.05, 0.1) is 37.4 Å². The summed E-state index contributed by atoms with van der Waals surface area (Å²) in [6.45, 7) is 4.44. The van der Waals surface area contributed by atoms with Crippen LogP contribution in [0.5, 0.6) is 11.5 Å². The number of ether oxygens (including phenoxy) is 2. The van der Waals surface area contributed by atoms with Crippen LogP contribution in [-0.4, -0.2) is 53.8 Å². The molecule has 0 aliphatic carbocycles. The van der Waals surface area contributed by atoms with Gasteiger partial charge in [0.2, 0.25) is 15.9 Å². The fraction of sp³-hybridized carbons (Fsp3) is 0.333. The van der Waals surface area contributed by atoms with Gasteiger partial charge in [-0.25, -0.2) is 8.42 Å². The van der Waals surface area contributed by atoms with Crippen LogP contribution in [0, 0.1) is 13.8 Å². The summed E-state index contributed by atoms with van der Waals surface area (Å²) in [7, 11) is -0.379. The van der Waals surface area contributed by atoms with E-state index in [1.165, 1.54) is 4.31 Å². The van der Waals surface area contributed by atoms with Crippen LogP contribution in [0.3, 0.4) is 0 Å². The summed E-state index contributed by atoms with van der Waals surface area (Å²) in [5, 5.41) is 5.69. The van der Waals surface area contributed by atoms with E-state index in [-0.39, 0.29) is 24.8 Å². The van der Waals surface area contributed by atoms with Crippen molar-refractivity contribution in [3.63, 3.8) is 0 Å². The maximum atomic E-state index is 12.9. The van der Waals surface area contributed by atoms with E-state index >= 15 is 0 Å². The number of methoxy groups -OCH3 is 2. The minimum atomic E-state index is -3.52. The van der Waals surface area contributed by atoms with E-state index in [0.29, 0.717) is 47.8 Å². The molecule has 0 saturated carbocycles. The predicted molar refractivity (Wildman–Crippen MR) is 158 cm³/mol. The van der Waals surface area contributed by atoms with E-state index in [1.54, 1.807) is 44.6 Å². The van der Waals surface area contributed by atoms with E-state index in [4.69, 9.17) is 9.47 Å². The number of carbonyl (C=O) groups excluding carboxylic acids is 2. The van der Waals surface area contributed by atoms with Gasteiger partial charge in [-0.3, -0.25) is 13.9 Å². The Morgan fingerprint density at radius 3 is 2.30 bits per heavy atom. The van der Waals surface area contributed by atoms with E-state index in [9.17, 15) is 18.0 Å². The van der Waals surface area contributed by atoms with Crippen molar-refractivity contribution < 1.29 is 27.5 Å². The molecule has 0 aliphatic rings. The monoisotopic (exact) mass is 567 g/mol. The van der Waals surface area contributed by atoms with Crippen molar-refractivity contribution in [2.24, 2.45) is 0 Å². The summed E-state index contributed by atoms with van der Waals surface area (Å²) >= 11 is 0. The molecule has 3 rings (SSSR count). The minimum absolute atomic E-state index is 0.0894.